The van der Waals surface area contributed by atoms with E-state index in [0.29, 0.717) is 5.02 Å². The third kappa shape index (κ3) is 5.97. The van der Waals surface area contributed by atoms with Crippen LogP contribution in [0.4, 0.5) is 5.82 Å². The Bertz CT molecular complexity index is 1210. The van der Waals surface area contributed by atoms with Crippen molar-refractivity contribution in [1.29, 1.82) is 0 Å². The summed E-state index contributed by atoms with van der Waals surface area (Å²) in [7, 11) is -3.28. The van der Waals surface area contributed by atoms with E-state index < -0.39 is 10.0 Å². The van der Waals surface area contributed by atoms with E-state index in [9.17, 15) is 8.42 Å². The molecule has 2 heterocycles. The second-order valence-electron chi connectivity index (χ2n) is 8.00. The summed E-state index contributed by atoms with van der Waals surface area (Å²) in [6.07, 6.45) is 0. The van der Waals surface area contributed by atoms with E-state index in [1.54, 1.807) is 6.92 Å². The van der Waals surface area contributed by atoms with Crippen LogP contribution in [0.3, 0.4) is 0 Å². The molecule has 1 fully saturated rings. The summed E-state index contributed by atoms with van der Waals surface area (Å²) < 4.78 is 26.1. The number of pyridine rings is 1. The molecule has 1 aromatic heterocycles. The molecule has 0 radical (unpaired) electrons. The van der Waals surface area contributed by atoms with Gasteiger partial charge < -0.3 is 9.80 Å². The fourth-order valence-electron chi connectivity index (χ4n) is 3.99. The number of rotatable bonds is 7. The van der Waals surface area contributed by atoms with Gasteiger partial charge in [0.2, 0.25) is 10.0 Å². The lowest BCUT2D eigenvalue weighted by Crippen LogP contribution is -2.46. The van der Waals surface area contributed by atoms with Crippen molar-refractivity contribution in [3.05, 3.63) is 59.1 Å². The van der Waals surface area contributed by atoms with Crippen molar-refractivity contribution in [3.8, 4) is 11.3 Å². The lowest BCUT2D eigenvalue weighted by molar-refractivity contribution is 0.271. The normalized spacial score (nSPS) is 14.9. The van der Waals surface area contributed by atoms with Crippen LogP contribution < -0.4 is 9.62 Å². The first-order valence-electron chi connectivity index (χ1n) is 11.0. The molecule has 9 heteroatoms. The van der Waals surface area contributed by atoms with E-state index in [2.05, 4.69) is 45.7 Å². The lowest BCUT2D eigenvalue weighted by Gasteiger charge is -2.35. The predicted molar refractivity (Wildman–Crippen MR) is 140 cm³/mol. The number of halogens is 2. The summed E-state index contributed by atoms with van der Waals surface area (Å²) in [4.78, 5) is 9.87. The zero-order valence-electron chi connectivity index (χ0n) is 18.9. The van der Waals surface area contributed by atoms with Crippen molar-refractivity contribution in [3.63, 3.8) is 0 Å². The minimum Gasteiger partial charge on any atom is -0.354 e. The molecule has 0 saturated carbocycles. The summed E-state index contributed by atoms with van der Waals surface area (Å²) in [5, 5.41) is 2.81. The molecule has 1 saturated heterocycles. The van der Waals surface area contributed by atoms with E-state index in [1.807, 2.05) is 24.3 Å². The molecule has 0 aliphatic carbocycles. The van der Waals surface area contributed by atoms with Crippen LogP contribution in [0.2, 0.25) is 5.02 Å². The molecule has 2 aromatic carbocycles. The number of benzene rings is 2. The second-order valence-corrected chi connectivity index (χ2v) is 10.5. The number of fused-ring (bicyclic) bond motifs is 1. The quantitative estimate of drug-likeness (QED) is 0.506. The van der Waals surface area contributed by atoms with Gasteiger partial charge in [-0.1, -0.05) is 54.9 Å². The minimum atomic E-state index is -3.28. The van der Waals surface area contributed by atoms with E-state index in [4.69, 9.17) is 16.6 Å². The van der Waals surface area contributed by atoms with Crippen LogP contribution in [0.25, 0.3) is 22.0 Å². The van der Waals surface area contributed by atoms with Crippen LogP contribution >= 0.6 is 24.0 Å². The number of hydrogen-bond acceptors (Lipinski definition) is 5. The molecule has 6 nitrogen and oxygen atoms in total. The lowest BCUT2D eigenvalue weighted by atomic mass is 10.0. The maximum absolute atomic E-state index is 11.8. The van der Waals surface area contributed by atoms with Crippen molar-refractivity contribution in [2.45, 2.75) is 20.4 Å². The van der Waals surface area contributed by atoms with Crippen LogP contribution in [-0.2, 0) is 16.6 Å². The Morgan fingerprint density at radius 1 is 1.03 bits per heavy atom. The largest absolute Gasteiger partial charge is 0.354 e. The highest BCUT2D eigenvalue weighted by Gasteiger charge is 2.20. The number of aromatic nitrogens is 1. The summed E-state index contributed by atoms with van der Waals surface area (Å²) in [5.41, 5.74) is 2.51. The SMILES string of the molecule is CCN1CCN(c2nc(-c3ccc(CNS(=O)(=O)CC)c(Cl)c3)cc3ccccc23)CC1.Cl. The summed E-state index contributed by atoms with van der Waals surface area (Å²) in [5.74, 6) is 1.05. The molecule has 0 unspecified atom stereocenters. The van der Waals surface area contributed by atoms with Gasteiger partial charge in [0.1, 0.15) is 5.82 Å². The average Bonchev–Trinajstić information content (AvgIpc) is 2.82. The molecular formula is C24H30Cl2N4O2S. The van der Waals surface area contributed by atoms with Gasteiger partial charge in [-0.2, -0.15) is 0 Å². The molecule has 178 valence electrons. The third-order valence-corrected chi connectivity index (χ3v) is 7.75. The smallest absolute Gasteiger partial charge is 0.211 e. The van der Waals surface area contributed by atoms with Crippen molar-refractivity contribution in [2.75, 3.05) is 43.4 Å². The Morgan fingerprint density at radius 3 is 2.42 bits per heavy atom. The third-order valence-electron chi connectivity index (χ3n) is 6.05. The van der Waals surface area contributed by atoms with Gasteiger partial charge in [-0.3, -0.25) is 0 Å². The Hall–Kier alpha value is -1.90. The number of hydrogen-bond donors (Lipinski definition) is 1. The molecular weight excluding hydrogens is 479 g/mol. The first-order chi connectivity index (χ1) is 15.4. The van der Waals surface area contributed by atoms with Gasteiger partial charge >= 0.3 is 0 Å². The van der Waals surface area contributed by atoms with Gasteiger partial charge in [-0.05, 0) is 36.6 Å². The molecule has 1 aliphatic rings. The van der Waals surface area contributed by atoms with Gasteiger partial charge in [-0.25, -0.2) is 18.1 Å². The van der Waals surface area contributed by atoms with E-state index in [1.165, 1.54) is 0 Å². The summed E-state index contributed by atoms with van der Waals surface area (Å²) >= 11 is 6.51. The first kappa shape index (κ1) is 25.7. The molecule has 4 rings (SSSR count). The van der Waals surface area contributed by atoms with Crippen molar-refractivity contribution >= 4 is 50.6 Å². The standard InChI is InChI=1S/C24H29ClN4O2S.ClH/c1-3-28-11-13-29(14-12-28)24-21-8-6-5-7-18(21)16-23(27-24)19-9-10-20(22(25)15-19)17-26-32(30,31)4-2;/h5-10,15-16,26H,3-4,11-14,17H2,1-2H3;1H. The van der Waals surface area contributed by atoms with Crippen molar-refractivity contribution < 1.29 is 8.42 Å². The molecule has 0 bridgehead atoms. The maximum Gasteiger partial charge on any atom is 0.211 e. The highest BCUT2D eigenvalue weighted by molar-refractivity contribution is 7.89. The molecule has 0 amide bonds. The average molecular weight is 510 g/mol. The van der Waals surface area contributed by atoms with Gasteiger partial charge in [0.05, 0.1) is 11.4 Å². The van der Waals surface area contributed by atoms with E-state index in [0.717, 1.165) is 66.1 Å². The highest BCUT2D eigenvalue weighted by Crippen LogP contribution is 2.32. The molecule has 33 heavy (non-hydrogen) atoms. The van der Waals surface area contributed by atoms with Gasteiger partial charge in [0, 0.05) is 48.7 Å². The van der Waals surface area contributed by atoms with Gasteiger partial charge in [0.25, 0.3) is 0 Å². The van der Waals surface area contributed by atoms with Crippen LogP contribution in [0.15, 0.2) is 48.5 Å². The Kier molecular flexibility index (Phi) is 8.59. The summed E-state index contributed by atoms with van der Waals surface area (Å²) in [6.45, 7) is 9.02. The van der Waals surface area contributed by atoms with Crippen molar-refractivity contribution in [1.82, 2.24) is 14.6 Å². The number of nitrogens with one attached hydrogen (secondary N) is 1. The minimum absolute atomic E-state index is 0. The maximum atomic E-state index is 11.8. The van der Waals surface area contributed by atoms with Crippen molar-refractivity contribution in [2.24, 2.45) is 0 Å². The van der Waals surface area contributed by atoms with Crippen LogP contribution in [0.1, 0.15) is 19.4 Å². The van der Waals surface area contributed by atoms with E-state index >= 15 is 0 Å². The second kappa shape index (κ2) is 11.0. The molecule has 0 spiro atoms. The summed E-state index contributed by atoms with van der Waals surface area (Å²) in [6, 6.07) is 16.1. The molecule has 1 N–H and O–H groups in total. The Morgan fingerprint density at radius 2 is 1.76 bits per heavy atom. The molecule has 0 atom stereocenters. The first-order valence-corrected chi connectivity index (χ1v) is 13.1. The molecule has 3 aromatic rings. The zero-order valence-corrected chi connectivity index (χ0v) is 21.3. The predicted octanol–water partition coefficient (Wildman–Crippen LogP) is 4.56. The van der Waals surface area contributed by atoms with Crippen LogP contribution in [0.5, 0.6) is 0 Å². The van der Waals surface area contributed by atoms with Gasteiger partial charge in [0.15, 0.2) is 0 Å². The number of sulfonamides is 1. The van der Waals surface area contributed by atoms with E-state index in [-0.39, 0.29) is 24.7 Å². The number of likely N-dealkylation sites (N-methyl/N-ethyl adjacent to an activating group) is 1. The fourth-order valence-corrected chi connectivity index (χ4v) is 4.81. The number of nitrogens with zero attached hydrogens (tertiary/aromatic N) is 3. The Balaban J connectivity index is 0.00000306. The Labute approximate surface area is 207 Å². The van der Waals surface area contributed by atoms with Crippen LogP contribution in [0, 0.1) is 0 Å². The number of piperazine rings is 1. The van der Waals surface area contributed by atoms with Gasteiger partial charge in [-0.15, -0.1) is 12.4 Å². The topological polar surface area (TPSA) is 65.5 Å². The van der Waals surface area contributed by atoms with Crippen LogP contribution in [-0.4, -0.2) is 56.8 Å². The molecule has 1 aliphatic heterocycles. The highest BCUT2D eigenvalue weighted by atomic mass is 35.5. The zero-order chi connectivity index (χ0) is 22.7. The number of anilines is 1. The fraction of sp³-hybridized carbons (Fsp3) is 0.375. The monoisotopic (exact) mass is 508 g/mol.